The molecule has 2 aliphatic carbocycles. The summed E-state index contributed by atoms with van der Waals surface area (Å²) in [4.78, 5) is 37.8. The van der Waals surface area contributed by atoms with Crippen LogP contribution in [0.5, 0.6) is 0 Å². The zero-order valence-electron chi connectivity index (χ0n) is 18.4. The van der Waals surface area contributed by atoms with Crippen LogP contribution in [0, 0.1) is 5.92 Å². The summed E-state index contributed by atoms with van der Waals surface area (Å²) in [6.07, 6.45) is 7.30. The highest BCUT2D eigenvalue weighted by Gasteiger charge is 2.44. The van der Waals surface area contributed by atoms with E-state index in [1.807, 2.05) is 19.9 Å². The first-order chi connectivity index (χ1) is 14.7. The highest BCUT2D eigenvalue weighted by atomic mass is 32.1. The summed E-state index contributed by atoms with van der Waals surface area (Å²) in [5.41, 5.74) is 2.47. The molecule has 7 heteroatoms. The number of aliphatic carboxylic acids is 1. The maximum atomic E-state index is 13.2. The van der Waals surface area contributed by atoms with Crippen LogP contribution in [0.4, 0.5) is 0 Å². The topological polar surface area (TPSA) is 95.5 Å². The average Bonchev–Trinajstić information content (AvgIpc) is 3.22. The van der Waals surface area contributed by atoms with Gasteiger partial charge < -0.3 is 15.7 Å². The number of carboxylic acids is 1. The number of nitrogens with one attached hydrogen (secondary N) is 2. The molecular formula is C24H34N2O4S. The van der Waals surface area contributed by atoms with Crippen molar-refractivity contribution < 1.29 is 19.5 Å². The summed E-state index contributed by atoms with van der Waals surface area (Å²) in [6.45, 7) is 3.80. The molecule has 1 aromatic carbocycles. The second-order valence-corrected chi connectivity index (χ2v) is 9.90. The highest BCUT2D eigenvalue weighted by molar-refractivity contribution is 7.81. The normalized spacial score (nSPS) is 19.4. The Hall–Kier alpha value is -2.02. The molecular weight excluding hydrogens is 412 g/mol. The second-order valence-electron chi connectivity index (χ2n) is 9.35. The lowest BCUT2D eigenvalue weighted by Gasteiger charge is -2.32. The van der Waals surface area contributed by atoms with E-state index in [2.05, 4.69) is 35.4 Å². The van der Waals surface area contributed by atoms with Crippen LogP contribution in [0.15, 0.2) is 18.2 Å². The SMILES string of the molecule is CC(C)[C@H](S)C(=O)NC1(C(=O)N[C@@H](Cc2ccc3c(c2)CCCC3)C(=O)O)CCCC1. The predicted molar refractivity (Wildman–Crippen MR) is 123 cm³/mol. The smallest absolute Gasteiger partial charge is 0.326 e. The lowest BCUT2D eigenvalue weighted by molar-refractivity contribution is -0.143. The number of amides is 2. The van der Waals surface area contributed by atoms with E-state index in [9.17, 15) is 19.5 Å². The molecule has 0 radical (unpaired) electrons. The molecule has 0 spiro atoms. The third kappa shape index (κ3) is 5.62. The number of carbonyl (C=O) groups excluding carboxylic acids is 2. The lowest BCUT2D eigenvalue weighted by atomic mass is 9.89. The first-order valence-electron chi connectivity index (χ1n) is 11.4. The zero-order chi connectivity index (χ0) is 22.6. The standard InChI is InChI=1S/C24H34N2O4S/c1-15(2)20(31)21(27)26-24(11-5-6-12-24)23(30)25-19(22(28)29)14-16-9-10-17-7-3-4-8-18(17)13-16/h9-10,13,15,19-20,31H,3-8,11-12,14H2,1-2H3,(H,25,30)(H,26,27)(H,28,29)/t19-,20-/m0/s1. The monoisotopic (exact) mass is 446 g/mol. The molecule has 170 valence electrons. The van der Waals surface area contributed by atoms with Gasteiger partial charge in [0.2, 0.25) is 11.8 Å². The minimum absolute atomic E-state index is 0.0284. The van der Waals surface area contributed by atoms with Crippen molar-refractivity contribution in [2.75, 3.05) is 0 Å². The minimum atomic E-state index is -1.07. The number of carboxylic acid groups (broad SMARTS) is 1. The Morgan fingerprint density at radius 2 is 1.71 bits per heavy atom. The Morgan fingerprint density at radius 3 is 2.32 bits per heavy atom. The molecule has 0 aliphatic heterocycles. The van der Waals surface area contributed by atoms with Gasteiger partial charge in [0.15, 0.2) is 0 Å². The van der Waals surface area contributed by atoms with E-state index < -0.39 is 28.7 Å². The number of rotatable bonds is 8. The third-order valence-electron chi connectivity index (χ3n) is 6.61. The van der Waals surface area contributed by atoms with Crippen LogP contribution in [0.1, 0.15) is 69.1 Å². The Labute approximate surface area is 190 Å². The van der Waals surface area contributed by atoms with Crippen LogP contribution < -0.4 is 10.6 Å². The molecule has 0 heterocycles. The van der Waals surface area contributed by atoms with Gasteiger partial charge >= 0.3 is 5.97 Å². The van der Waals surface area contributed by atoms with Gasteiger partial charge in [-0.05, 0) is 61.1 Å². The molecule has 31 heavy (non-hydrogen) atoms. The van der Waals surface area contributed by atoms with Gasteiger partial charge in [0.25, 0.3) is 0 Å². The lowest BCUT2D eigenvalue weighted by Crippen LogP contribution is -2.61. The minimum Gasteiger partial charge on any atom is -0.480 e. The van der Waals surface area contributed by atoms with E-state index in [0.29, 0.717) is 12.8 Å². The van der Waals surface area contributed by atoms with Gasteiger partial charge in [-0.25, -0.2) is 4.79 Å². The van der Waals surface area contributed by atoms with E-state index >= 15 is 0 Å². The van der Waals surface area contributed by atoms with Gasteiger partial charge in [0, 0.05) is 6.42 Å². The Balaban J connectivity index is 1.72. The fraction of sp³-hybridized carbons (Fsp3) is 0.625. The molecule has 2 amide bonds. The van der Waals surface area contributed by atoms with Crippen LogP contribution in [0.3, 0.4) is 0 Å². The second kappa shape index (κ2) is 10.1. The summed E-state index contributed by atoms with van der Waals surface area (Å²) >= 11 is 4.37. The van der Waals surface area contributed by atoms with Crippen molar-refractivity contribution >= 4 is 30.4 Å². The number of hydrogen-bond donors (Lipinski definition) is 4. The Bertz CT molecular complexity index is 833. The molecule has 3 rings (SSSR count). The largest absolute Gasteiger partial charge is 0.480 e. The molecule has 3 N–H and O–H groups in total. The van der Waals surface area contributed by atoms with Crippen LogP contribution in [-0.4, -0.2) is 39.7 Å². The van der Waals surface area contributed by atoms with E-state index in [4.69, 9.17) is 0 Å². The maximum Gasteiger partial charge on any atom is 0.326 e. The van der Waals surface area contributed by atoms with Crippen molar-refractivity contribution in [3.8, 4) is 0 Å². The Kier molecular flexibility index (Phi) is 7.68. The van der Waals surface area contributed by atoms with Crippen molar-refractivity contribution in [3.63, 3.8) is 0 Å². The number of benzene rings is 1. The van der Waals surface area contributed by atoms with E-state index in [-0.39, 0.29) is 18.2 Å². The average molecular weight is 447 g/mol. The summed E-state index contributed by atoms with van der Waals surface area (Å²) in [5.74, 6) is -1.73. The van der Waals surface area contributed by atoms with Crippen LogP contribution >= 0.6 is 12.6 Å². The molecule has 1 saturated carbocycles. The van der Waals surface area contributed by atoms with Crippen molar-refractivity contribution in [2.45, 2.75) is 88.5 Å². The van der Waals surface area contributed by atoms with Gasteiger partial charge in [-0.15, -0.1) is 0 Å². The number of aryl methyl sites for hydroxylation is 2. The summed E-state index contributed by atoms with van der Waals surface area (Å²) < 4.78 is 0. The van der Waals surface area contributed by atoms with Gasteiger partial charge in [0.05, 0.1) is 5.25 Å². The van der Waals surface area contributed by atoms with E-state index in [1.165, 1.54) is 17.5 Å². The van der Waals surface area contributed by atoms with E-state index in [0.717, 1.165) is 37.7 Å². The number of hydrogen-bond acceptors (Lipinski definition) is 4. The van der Waals surface area contributed by atoms with Gasteiger partial charge in [-0.2, -0.15) is 12.6 Å². The molecule has 0 bridgehead atoms. The van der Waals surface area contributed by atoms with Gasteiger partial charge in [-0.1, -0.05) is 44.9 Å². The highest BCUT2D eigenvalue weighted by Crippen LogP contribution is 2.31. The fourth-order valence-electron chi connectivity index (χ4n) is 4.65. The molecule has 0 unspecified atom stereocenters. The summed E-state index contributed by atoms with van der Waals surface area (Å²) in [7, 11) is 0. The quantitative estimate of drug-likeness (QED) is 0.462. The van der Waals surface area contributed by atoms with E-state index in [1.54, 1.807) is 0 Å². The van der Waals surface area contributed by atoms with Crippen molar-refractivity contribution in [3.05, 3.63) is 34.9 Å². The summed E-state index contributed by atoms with van der Waals surface area (Å²) in [6, 6.07) is 5.09. The molecule has 1 aromatic rings. The summed E-state index contributed by atoms with van der Waals surface area (Å²) in [5, 5.41) is 14.9. The Morgan fingerprint density at radius 1 is 1.06 bits per heavy atom. The zero-order valence-corrected chi connectivity index (χ0v) is 19.3. The van der Waals surface area contributed by atoms with Crippen LogP contribution in [0.25, 0.3) is 0 Å². The fourth-order valence-corrected chi connectivity index (χ4v) is 4.71. The third-order valence-corrected chi connectivity index (χ3v) is 7.44. The molecule has 0 saturated heterocycles. The molecule has 0 aromatic heterocycles. The van der Waals surface area contributed by atoms with Crippen LogP contribution in [-0.2, 0) is 33.6 Å². The van der Waals surface area contributed by atoms with Crippen LogP contribution in [0.2, 0.25) is 0 Å². The first kappa shape index (κ1) is 23.6. The predicted octanol–water partition coefficient (Wildman–Crippen LogP) is 3.06. The molecule has 2 atom stereocenters. The first-order valence-corrected chi connectivity index (χ1v) is 11.9. The van der Waals surface area contributed by atoms with Gasteiger partial charge in [0.1, 0.15) is 11.6 Å². The molecule has 6 nitrogen and oxygen atoms in total. The van der Waals surface area contributed by atoms with Crippen molar-refractivity contribution in [1.29, 1.82) is 0 Å². The molecule has 1 fully saturated rings. The maximum absolute atomic E-state index is 13.2. The van der Waals surface area contributed by atoms with Gasteiger partial charge in [-0.3, -0.25) is 9.59 Å². The number of thiol groups is 1. The van der Waals surface area contributed by atoms with Crippen molar-refractivity contribution in [1.82, 2.24) is 10.6 Å². The number of carbonyl (C=O) groups is 3. The number of fused-ring (bicyclic) bond motifs is 1. The van der Waals surface area contributed by atoms with Crippen molar-refractivity contribution in [2.24, 2.45) is 5.92 Å². The molecule has 2 aliphatic rings.